The van der Waals surface area contributed by atoms with Gasteiger partial charge in [-0.3, -0.25) is 4.90 Å². The van der Waals surface area contributed by atoms with Crippen molar-refractivity contribution >= 4 is 5.69 Å². The van der Waals surface area contributed by atoms with Crippen LogP contribution in [0.2, 0.25) is 0 Å². The van der Waals surface area contributed by atoms with Gasteiger partial charge in [-0.1, -0.05) is 36.4 Å². The normalized spacial score (nSPS) is 15.8. The van der Waals surface area contributed by atoms with Crippen molar-refractivity contribution in [1.82, 2.24) is 4.90 Å². The lowest BCUT2D eigenvalue weighted by atomic mass is 10.0. The molecule has 0 saturated carbocycles. The lowest BCUT2D eigenvalue weighted by Crippen LogP contribution is -2.22. The predicted octanol–water partition coefficient (Wildman–Crippen LogP) is 3.22. The van der Waals surface area contributed by atoms with E-state index >= 15 is 0 Å². The van der Waals surface area contributed by atoms with Crippen LogP contribution in [0.4, 0.5) is 5.69 Å². The number of anilines is 1. The standard InChI is InChI=1S/C17H20N2/c18-17-9-3-5-14(11-17)12-19-10-4-8-15-6-1-2-7-16(15)13-19/h1-3,5-7,9,11H,4,8,10,12-13,18H2. The zero-order valence-corrected chi connectivity index (χ0v) is 11.2. The SMILES string of the molecule is Nc1cccc(CN2CCCc3ccccc3C2)c1. The zero-order chi connectivity index (χ0) is 13.1. The molecule has 0 atom stereocenters. The van der Waals surface area contributed by atoms with Crippen LogP contribution in [0, 0.1) is 0 Å². The smallest absolute Gasteiger partial charge is 0.0317 e. The number of aryl methyl sites for hydroxylation is 1. The van der Waals surface area contributed by atoms with Crippen LogP contribution in [-0.2, 0) is 19.5 Å². The van der Waals surface area contributed by atoms with E-state index in [9.17, 15) is 0 Å². The van der Waals surface area contributed by atoms with Gasteiger partial charge in [0.1, 0.15) is 0 Å². The minimum absolute atomic E-state index is 0.854. The number of rotatable bonds is 2. The van der Waals surface area contributed by atoms with Crippen LogP contribution < -0.4 is 5.73 Å². The van der Waals surface area contributed by atoms with E-state index in [0.29, 0.717) is 0 Å². The highest BCUT2D eigenvalue weighted by Gasteiger charge is 2.13. The molecule has 0 bridgehead atoms. The molecule has 2 N–H and O–H groups in total. The van der Waals surface area contributed by atoms with Gasteiger partial charge in [0.25, 0.3) is 0 Å². The van der Waals surface area contributed by atoms with Crippen molar-refractivity contribution in [3.63, 3.8) is 0 Å². The lowest BCUT2D eigenvalue weighted by molar-refractivity contribution is 0.261. The Hall–Kier alpha value is -1.80. The van der Waals surface area contributed by atoms with Gasteiger partial charge >= 0.3 is 0 Å². The molecule has 2 aromatic carbocycles. The molecule has 2 heteroatoms. The average Bonchev–Trinajstić information content (AvgIpc) is 2.60. The van der Waals surface area contributed by atoms with Gasteiger partial charge in [-0.05, 0) is 48.2 Å². The first-order valence-electron chi connectivity index (χ1n) is 6.95. The van der Waals surface area contributed by atoms with E-state index in [0.717, 1.165) is 25.3 Å². The third-order valence-electron chi connectivity index (χ3n) is 3.79. The van der Waals surface area contributed by atoms with Crippen LogP contribution in [0.3, 0.4) is 0 Å². The van der Waals surface area contributed by atoms with E-state index in [4.69, 9.17) is 5.73 Å². The second-order valence-corrected chi connectivity index (χ2v) is 5.33. The summed E-state index contributed by atoms with van der Waals surface area (Å²) in [7, 11) is 0. The van der Waals surface area contributed by atoms with Crippen molar-refractivity contribution in [1.29, 1.82) is 0 Å². The van der Waals surface area contributed by atoms with E-state index < -0.39 is 0 Å². The number of fused-ring (bicyclic) bond motifs is 1. The number of hydrogen-bond donors (Lipinski definition) is 1. The van der Waals surface area contributed by atoms with E-state index in [1.807, 2.05) is 12.1 Å². The summed E-state index contributed by atoms with van der Waals surface area (Å²) in [6.07, 6.45) is 2.43. The maximum atomic E-state index is 5.85. The van der Waals surface area contributed by atoms with E-state index in [2.05, 4.69) is 41.3 Å². The largest absolute Gasteiger partial charge is 0.399 e. The molecule has 0 radical (unpaired) electrons. The van der Waals surface area contributed by atoms with Gasteiger partial charge in [-0.2, -0.15) is 0 Å². The van der Waals surface area contributed by atoms with Gasteiger partial charge in [0.2, 0.25) is 0 Å². The summed E-state index contributed by atoms with van der Waals surface area (Å²) in [6, 6.07) is 17.0. The van der Waals surface area contributed by atoms with Crippen LogP contribution in [0.15, 0.2) is 48.5 Å². The number of nitrogens with zero attached hydrogens (tertiary/aromatic N) is 1. The van der Waals surface area contributed by atoms with Crippen LogP contribution in [0.25, 0.3) is 0 Å². The van der Waals surface area contributed by atoms with Gasteiger partial charge in [0, 0.05) is 18.8 Å². The maximum absolute atomic E-state index is 5.85. The Labute approximate surface area is 114 Å². The zero-order valence-electron chi connectivity index (χ0n) is 11.2. The molecule has 2 aromatic rings. The van der Waals surface area contributed by atoms with Crippen LogP contribution >= 0.6 is 0 Å². The highest BCUT2D eigenvalue weighted by Crippen LogP contribution is 2.20. The van der Waals surface area contributed by atoms with Crippen molar-refractivity contribution in [3.8, 4) is 0 Å². The van der Waals surface area contributed by atoms with Gasteiger partial charge in [-0.15, -0.1) is 0 Å². The fourth-order valence-corrected chi connectivity index (χ4v) is 2.85. The Balaban J connectivity index is 1.76. The van der Waals surface area contributed by atoms with Gasteiger partial charge < -0.3 is 5.73 Å². The highest BCUT2D eigenvalue weighted by atomic mass is 15.1. The Morgan fingerprint density at radius 1 is 1.00 bits per heavy atom. The minimum atomic E-state index is 0.854. The molecule has 0 unspecified atom stereocenters. The Morgan fingerprint density at radius 3 is 2.68 bits per heavy atom. The number of nitrogens with two attached hydrogens (primary N) is 1. The molecule has 98 valence electrons. The Bertz CT molecular complexity index is 563. The van der Waals surface area contributed by atoms with Crippen LogP contribution in [0.1, 0.15) is 23.1 Å². The van der Waals surface area contributed by atoms with E-state index in [1.165, 1.54) is 29.5 Å². The topological polar surface area (TPSA) is 29.3 Å². The second-order valence-electron chi connectivity index (χ2n) is 5.33. The lowest BCUT2D eigenvalue weighted by Gasteiger charge is -2.20. The summed E-state index contributed by atoms with van der Waals surface area (Å²) >= 11 is 0. The minimum Gasteiger partial charge on any atom is -0.399 e. The third kappa shape index (κ3) is 2.96. The number of hydrogen-bond acceptors (Lipinski definition) is 2. The fraction of sp³-hybridized carbons (Fsp3) is 0.294. The maximum Gasteiger partial charge on any atom is 0.0317 e. The van der Waals surface area contributed by atoms with Gasteiger partial charge in [0.15, 0.2) is 0 Å². The van der Waals surface area contributed by atoms with Crippen molar-refractivity contribution < 1.29 is 0 Å². The molecule has 0 aromatic heterocycles. The van der Waals surface area contributed by atoms with Crippen molar-refractivity contribution in [2.24, 2.45) is 0 Å². The number of benzene rings is 2. The van der Waals surface area contributed by atoms with Gasteiger partial charge in [0.05, 0.1) is 0 Å². The monoisotopic (exact) mass is 252 g/mol. The average molecular weight is 252 g/mol. The second kappa shape index (κ2) is 5.45. The van der Waals surface area contributed by atoms with Crippen molar-refractivity contribution in [2.45, 2.75) is 25.9 Å². The van der Waals surface area contributed by atoms with Crippen LogP contribution in [0.5, 0.6) is 0 Å². The molecular formula is C17H20N2. The predicted molar refractivity (Wildman–Crippen MR) is 79.7 cm³/mol. The summed E-state index contributed by atoms with van der Waals surface area (Å²) in [5.41, 5.74) is 11.0. The van der Waals surface area contributed by atoms with Gasteiger partial charge in [-0.25, -0.2) is 0 Å². The summed E-state index contributed by atoms with van der Waals surface area (Å²) in [5.74, 6) is 0. The van der Waals surface area contributed by atoms with E-state index in [-0.39, 0.29) is 0 Å². The molecule has 1 aliphatic rings. The number of nitrogen functional groups attached to an aromatic ring is 1. The summed E-state index contributed by atoms with van der Waals surface area (Å²) in [6.45, 7) is 3.19. The highest BCUT2D eigenvalue weighted by molar-refractivity contribution is 5.40. The molecule has 0 amide bonds. The summed E-state index contributed by atoms with van der Waals surface area (Å²) < 4.78 is 0. The molecule has 1 heterocycles. The van der Waals surface area contributed by atoms with Crippen LogP contribution in [-0.4, -0.2) is 11.4 Å². The van der Waals surface area contributed by atoms with E-state index in [1.54, 1.807) is 0 Å². The van der Waals surface area contributed by atoms with Crippen molar-refractivity contribution in [2.75, 3.05) is 12.3 Å². The quantitative estimate of drug-likeness (QED) is 0.832. The molecular weight excluding hydrogens is 232 g/mol. The molecule has 19 heavy (non-hydrogen) atoms. The Morgan fingerprint density at radius 2 is 1.84 bits per heavy atom. The summed E-state index contributed by atoms with van der Waals surface area (Å²) in [5, 5.41) is 0. The molecule has 0 aliphatic carbocycles. The third-order valence-corrected chi connectivity index (χ3v) is 3.79. The van der Waals surface area contributed by atoms with Crippen molar-refractivity contribution in [3.05, 3.63) is 65.2 Å². The molecule has 0 saturated heterocycles. The molecule has 0 spiro atoms. The first-order chi connectivity index (χ1) is 9.31. The first kappa shape index (κ1) is 12.2. The molecule has 0 fully saturated rings. The molecule has 2 nitrogen and oxygen atoms in total. The molecule has 3 rings (SSSR count). The fourth-order valence-electron chi connectivity index (χ4n) is 2.85. The molecule has 1 aliphatic heterocycles. The first-order valence-corrected chi connectivity index (χ1v) is 6.95. The Kier molecular flexibility index (Phi) is 3.51. The summed E-state index contributed by atoms with van der Waals surface area (Å²) in [4.78, 5) is 2.51.